The second-order valence-electron chi connectivity index (χ2n) is 8.11. The number of aromatic nitrogens is 2. The lowest BCUT2D eigenvalue weighted by molar-refractivity contribution is -0.154. The van der Waals surface area contributed by atoms with Gasteiger partial charge in [0.05, 0.1) is 4.90 Å². The fraction of sp³-hybridized carbons (Fsp3) is 0.455. The summed E-state index contributed by atoms with van der Waals surface area (Å²) in [6.45, 7) is 3.80. The first-order valence-electron chi connectivity index (χ1n) is 10.9. The lowest BCUT2D eigenvalue weighted by Crippen LogP contribution is -2.50. The van der Waals surface area contributed by atoms with Crippen molar-refractivity contribution >= 4 is 27.8 Å². The molecule has 0 bridgehead atoms. The van der Waals surface area contributed by atoms with Gasteiger partial charge in [-0.1, -0.05) is 17.7 Å². The van der Waals surface area contributed by atoms with Crippen molar-refractivity contribution in [2.45, 2.75) is 30.7 Å². The quantitative estimate of drug-likeness (QED) is 0.567. The largest absolute Gasteiger partial charge is 0.454 e. The van der Waals surface area contributed by atoms with Crippen molar-refractivity contribution in [3.05, 3.63) is 48.3 Å². The molecule has 10 nitrogen and oxygen atoms in total. The number of anilines is 1. The van der Waals surface area contributed by atoms with Gasteiger partial charge in [-0.25, -0.2) is 18.4 Å². The minimum Gasteiger partial charge on any atom is -0.454 e. The first-order valence-corrected chi connectivity index (χ1v) is 12.3. The molecule has 176 valence electrons. The molecule has 2 saturated heterocycles. The lowest BCUT2D eigenvalue weighted by Gasteiger charge is -2.34. The van der Waals surface area contributed by atoms with Crippen molar-refractivity contribution in [2.24, 2.45) is 0 Å². The number of hydrogen-bond acceptors (Lipinski definition) is 8. The van der Waals surface area contributed by atoms with Gasteiger partial charge in [-0.15, -0.1) is 0 Å². The number of esters is 1. The molecule has 0 unspecified atom stereocenters. The lowest BCUT2D eigenvalue weighted by atomic mass is 10.2. The highest BCUT2D eigenvalue weighted by atomic mass is 32.2. The van der Waals surface area contributed by atoms with Crippen LogP contribution in [0.3, 0.4) is 0 Å². The van der Waals surface area contributed by atoms with E-state index < -0.39 is 28.6 Å². The number of aryl methyl sites for hydroxylation is 1. The Labute approximate surface area is 193 Å². The fourth-order valence-corrected chi connectivity index (χ4v) is 5.69. The molecular weight excluding hydrogens is 446 g/mol. The fourth-order valence-electron chi connectivity index (χ4n) is 4.04. The van der Waals surface area contributed by atoms with Crippen molar-refractivity contribution < 1.29 is 22.7 Å². The zero-order valence-electron chi connectivity index (χ0n) is 18.5. The van der Waals surface area contributed by atoms with Crippen LogP contribution >= 0.6 is 0 Å². The van der Waals surface area contributed by atoms with Crippen molar-refractivity contribution in [1.29, 1.82) is 0 Å². The monoisotopic (exact) mass is 473 g/mol. The number of sulfonamides is 1. The van der Waals surface area contributed by atoms with E-state index in [4.69, 9.17) is 4.74 Å². The molecular formula is C22H27N5O5S. The van der Waals surface area contributed by atoms with Crippen molar-refractivity contribution in [3.63, 3.8) is 0 Å². The van der Waals surface area contributed by atoms with Crippen LogP contribution in [0.25, 0.3) is 0 Å². The molecule has 1 aromatic heterocycles. The topological polar surface area (TPSA) is 113 Å². The highest BCUT2D eigenvalue weighted by molar-refractivity contribution is 7.89. The number of piperazine rings is 1. The first kappa shape index (κ1) is 23.1. The molecule has 33 heavy (non-hydrogen) atoms. The van der Waals surface area contributed by atoms with E-state index in [2.05, 4.69) is 9.97 Å². The second kappa shape index (κ2) is 9.84. The van der Waals surface area contributed by atoms with E-state index in [-0.39, 0.29) is 17.3 Å². The summed E-state index contributed by atoms with van der Waals surface area (Å²) in [5.74, 6) is -0.372. The number of hydrogen-bond donors (Lipinski definition) is 0. The van der Waals surface area contributed by atoms with Crippen LogP contribution in [0.4, 0.5) is 5.95 Å². The maximum absolute atomic E-state index is 13.0. The number of nitrogens with zero attached hydrogens (tertiary/aromatic N) is 5. The van der Waals surface area contributed by atoms with E-state index in [1.54, 1.807) is 35.5 Å². The van der Waals surface area contributed by atoms with Gasteiger partial charge in [-0.05, 0) is 38.0 Å². The number of rotatable bonds is 6. The van der Waals surface area contributed by atoms with Gasteiger partial charge >= 0.3 is 5.97 Å². The molecule has 0 aliphatic carbocycles. The van der Waals surface area contributed by atoms with E-state index in [1.165, 1.54) is 16.4 Å². The molecule has 3 heterocycles. The molecule has 1 aromatic carbocycles. The molecule has 4 rings (SSSR count). The summed E-state index contributed by atoms with van der Waals surface area (Å²) in [6.07, 6.45) is 4.27. The Bertz CT molecular complexity index is 1090. The van der Waals surface area contributed by atoms with E-state index in [0.717, 1.165) is 5.56 Å². The number of benzene rings is 1. The molecule has 1 atom stereocenters. The molecule has 0 radical (unpaired) electrons. The number of carbonyl (C=O) groups excluding carboxylic acids is 2. The Morgan fingerprint density at radius 2 is 1.70 bits per heavy atom. The Balaban J connectivity index is 1.31. The van der Waals surface area contributed by atoms with E-state index in [0.29, 0.717) is 45.0 Å². The van der Waals surface area contributed by atoms with Gasteiger partial charge in [0.15, 0.2) is 6.61 Å². The highest BCUT2D eigenvalue weighted by Gasteiger charge is 2.40. The zero-order valence-corrected chi connectivity index (χ0v) is 19.3. The molecule has 2 aromatic rings. The van der Waals surface area contributed by atoms with Gasteiger partial charge < -0.3 is 14.5 Å². The Morgan fingerprint density at radius 3 is 2.36 bits per heavy atom. The zero-order chi connectivity index (χ0) is 23.4. The molecule has 2 fully saturated rings. The van der Waals surface area contributed by atoms with Gasteiger partial charge in [0.1, 0.15) is 6.04 Å². The third-order valence-electron chi connectivity index (χ3n) is 5.91. The average Bonchev–Trinajstić information content (AvgIpc) is 3.34. The number of amides is 1. The second-order valence-corrected chi connectivity index (χ2v) is 10.0. The van der Waals surface area contributed by atoms with Crippen molar-refractivity contribution in [1.82, 2.24) is 19.2 Å². The van der Waals surface area contributed by atoms with Crippen LogP contribution in [-0.4, -0.2) is 84.8 Å². The molecule has 0 spiro atoms. The summed E-state index contributed by atoms with van der Waals surface area (Å²) in [7, 11) is -3.82. The molecule has 2 aliphatic rings. The molecule has 0 N–H and O–H groups in total. The first-order chi connectivity index (χ1) is 15.9. The predicted molar refractivity (Wildman–Crippen MR) is 120 cm³/mol. The smallest absolute Gasteiger partial charge is 0.324 e. The summed E-state index contributed by atoms with van der Waals surface area (Å²) in [5, 5.41) is 0. The minimum atomic E-state index is -3.82. The average molecular weight is 474 g/mol. The van der Waals surface area contributed by atoms with Gasteiger partial charge in [0.25, 0.3) is 5.91 Å². The Morgan fingerprint density at radius 1 is 1.03 bits per heavy atom. The summed E-state index contributed by atoms with van der Waals surface area (Å²) < 4.78 is 32.5. The molecule has 2 aliphatic heterocycles. The van der Waals surface area contributed by atoms with Crippen LogP contribution in [0.15, 0.2) is 47.6 Å². The summed E-state index contributed by atoms with van der Waals surface area (Å²) in [5.41, 5.74) is 0.946. The molecule has 0 saturated carbocycles. The normalized spacial score (nSPS) is 19.5. The predicted octanol–water partition coefficient (Wildman–Crippen LogP) is 0.830. The maximum Gasteiger partial charge on any atom is 0.324 e. The summed E-state index contributed by atoms with van der Waals surface area (Å²) in [4.78, 5) is 37.4. The van der Waals surface area contributed by atoms with Gasteiger partial charge in [-0.2, -0.15) is 4.31 Å². The highest BCUT2D eigenvalue weighted by Crippen LogP contribution is 2.27. The van der Waals surface area contributed by atoms with Gasteiger partial charge in [0, 0.05) is 45.1 Å². The number of carbonyl (C=O) groups is 2. The van der Waals surface area contributed by atoms with Crippen LogP contribution in [0, 0.1) is 6.92 Å². The van der Waals surface area contributed by atoms with Crippen LogP contribution in [-0.2, 0) is 24.3 Å². The van der Waals surface area contributed by atoms with Crippen LogP contribution in [0.2, 0.25) is 0 Å². The SMILES string of the molecule is Cc1ccc(S(=O)(=O)N2CCC[C@H]2C(=O)OCC(=O)N2CCN(c3ncccn3)CC2)cc1. The van der Waals surface area contributed by atoms with Gasteiger partial charge in [-0.3, -0.25) is 9.59 Å². The van der Waals surface area contributed by atoms with Crippen LogP contribution in [0.5, 0.6) is 0 Å². The third-order valence-corrected chi connectivity index (χ3v) is 7.83. The number of ether oxygens (including phenoxy) is 1. The van der Waals surface area contributed by atoms with E-state index in [9.17, 15) is 18.0 Å². The maximum atomic E-state index is 13.0. The summed E-state index contributed by atoms with van der Waals surface area (Å²) >= 11 is 0. The standard InChI is InChI=1S/C22H27N5O5S/c1-17-5-7-18(8-6-17)33(30,31)27-11-2-4-19(27)21(29)32-16-20(28)25-12-14-26(15-13-25)22-23-9-3-10-24-22/h3,5-10,19H,2,4,11-16H2,1H3/t19-/m0/s1. The molecule has 1 amide bonds. The van der Waals surface area contributed by atoms with Crippen LogP contribution in [0.1, 0.15) is 18.4 Å². The van der Waals surface area contributed by atoms with Crippen molar-refractivity contribution in [2.75, 3.05) is 44.2 Å². The van der Waals surface area contributed by atoms with E-state index in [1.807, 2.05) is 11.8 Å². The van der Waals surface area contributed by atoms with E-state index >= 15 is 0 Å². The summed E-state index contributed by atoms with van der Waals surface area (Å²) in [6, 6.07) is 7.34. The molecule has 11 heteroatoms. The minimum absolute atomic E-state index is 0.143. The Kier molecular flexibility index (Phi) is 6.89. The third kappa shape index (κ3) is 5.14. The Hall–Kier alpha value is -3.05. The van der Waals surface area contributed by atoms with Crippen LogP contribution < -0.4 is 4.90 Å². The van der Waals surface area contributed by atoms with Crippen molar-refractivity contribution in [3.8, 4) is 0 Å². The van der Waals surface area contributed by atoms with Gasteiger partial charge in [0.2, 0.25) is 16.0 Å².